The second-order valence-electron chi connectivity index (χ2n) is 7.35. The number of rotatable bonds is 8. The normalized spacial score (nSPS) is 11.3. The van der Waals surface area contributed by atoms with Crippen molar-refractivity contribution in [1.82, 2.24) is 14.8 Å². The molecule has 4 aromatic rings. The van der Waals surface area contributed by atoms with E-state index in [-0.39, 0.29) is 11.4 Å². The highest BCUT2D eigenvalue weighted by Gasteiger charge is 2.30. The van der Waals surface area contributed by atoms with Crippen molar-refractivity contribution in [2.45, 2.75) is 18.3 Å². The van der Waals surface area contributed by atoms with Gasteiger partial charge < -0.3 is 10.1 Å². The van der Waals surface area contributed by atoms with E-state index >= 15 is 0 Å². The number of amides is 1. The van der Waals surface area contributed by atoms with E-state index in [1.54, 1.807) is 0 Å². The van der Waals surface area contributed by atoms with Gasteiger partial charge in [-0.1, -0.05) is 48.2 Å². The predicted molar refractivity (Wildman–Crippen MR) is 129 cm³/mol. The predicted octanol–water partition coefficient (Wildman–Crippen LogP) is 6.08. The summed E-state index contributed by atoms with van der Waals surface area (Å²) >= 11 is 1.13. The van der Waals surface area contributed by atoms with E-state index in [2.05, 4.69) is 15.5 Å². The van der Waals surface area contributed by atoms with Crippen LogP contribution in [0.4, 0.5) is 18.9 Å². The standard InChI is InChI=1S/C25H21F3N4O2S/c1-2-34-21-13-11-20(12-14-21)32-23(17-7-4-3-5-8-17)30-31-24(32)35-16-22(33)29-19-10-6-9-18(15-19)25(26,27)28/h3-15H,2,16H2,1H3,(H,29,33). The third kappa shape index (κ3) is 6.02. The minimum absolute atomic E-state index is 0.0692. The molecule has 0 aliphatic carbocycles. The number of aromatic nitrogens is 3. The smallest absolute Gasteiger partial charge is 0.416 e. The summed E-state index contributed by atoms with van der Waals surface area (Å²) < 4.78 is 46.2. The van der Waals surface area contributed by atoms with E-state index < -0.39 is 17.6 Å². The fourth-order valence-electron chi connectivity index (χ4n) is 3.33. The summed E-state index contributed by atoms with van der Waals surface area (Å²) in [6.45, 7) is 2.45. The zero-order chi connectivity index (χ0) is 24.8. The largest absolute Gasteiger partial charge is 0.494 e. The maximum Gasteiger partial charge on any atom is 0.416 e. The molecule has 1 aromatic heterocycles. The molecule has 0 saturated carbocycles. The molecule has 0 bridgehead atoms. The molecule has 0 radical (unpaired) electrons. The summed E-state index contributed by atoms with van der Waals surface area (Å²) in [5.41, 5.74) is 0.862. The second-order valence-corrected chi connectivity index (χ2v) is 8.29. The Bertz CT molecular complexity index is 1290. The fraction of sp³-hybridized carbons (Fsp3) is 0.160. The molecule has 6 nitrogen and oxygen atoms in total. The zero-order valence-corrected chi connectivity index (χ0v) is 19.4. The topological polar surface area (TPSA) is 69.0 Å². The van der Waals surface area contributed by atoms with E-state index in [1.165, 1.54) is 12.1 Å². The summed E-state index contributed by atoms with van der Waals surface area (Å²) in [6, 6.07) is 21.4. The summed E-state index contributed by atoms with van der Waals surface area (Å²) in [7, 11) is 0. The lowest BCUT2D eigenvalue weighted by Crippen LogP contribution is -2.15. The van der Waals surface area contributed by atoms with E-state index in [0.29, 0.717) is 17.6 Å². The van der Waals surface area contributed by atoms with Crippen LogP contribution in [0.2, 0.25) is 0 Å². The molecule has 0 spiro atoms. The third-order valence-electron chi connectivity index (χ3n) is 4.88. The van der Waals surface area contributed by atoms with Crippen LogP contribution >= 0.6 is 11.8 Å². The number of thioether (sulfide) groups is 1. The molecule has 35 heavy (non-hydrogen) atoms. The molecule has 10 heteroatoms. The first kappa shape index (κ1) is 24.3. The first-order chi connectivity index (χ1) is 16.8. The zero-order valence-electron chi connectivity index (χ0n) is 18.6. The lowest BCUT2D eigenvalue weighted by Gasteiger charge is -2.12. The fourth-order valence-corrected chi connectivity index (χ4v) is 4.08. The Morgan fingerprint density at radius 2 is 1.74 bits per heavy atom. The average Bonchev–Trinajstić information content (AvgIpc) is 3.28. The van der Waals surface area contributed by atoms with Crippen LogP contribution in [0.1, 0.15) is 12.5 Å². The first-order valence-corrected chi connectivity index (χ1v) is 11.7. The van der Waals surface area contributed by atoms with Gasteiger partial charge in [-0.15, -0.1) is 10.2 Å². The number of halogens is 3. The molecule has 0 saturated heterocycles. The molecule has 0 unspecified atom stereocenters. The molecular weight excluding hydrogens is 477 g/mol. The molecule has 180 valence electrons. The molecule has 0 fully saturated rings. The monoisotopic (exact) mass is 498 g/mol. The summed E-state index contributed by atoms with van der Waals surface area (Å²) in [5, 5.41) is 11.6. The van der Waals surface area contributed by atoms with Crippen LogP contribution in [0.3, 0.4) is 0 Å². The molecule has 3 aromatic carbocycles. The highest BCUT2D eigenvalue weighted by atomic mass is 32.2. The molecular formula is C25H21F3N4O2S. The number of benzene rings is 3. The minimum atomic E-state index is -4.49. The van der Waals surface area contributed by atoms with Gasteiger partial charge in [0.05, 0.1) is 17.9 Å². The van der Waals surface area contributed by atoms with Crippen LogP contribution in [-0.4, -0.2) is 33.0 Å². The van der Waals surface area contributed by atoms with Crippen molar-refractivity contribution in [3.63, 3.8) is 0 Å². The van der Waals surface area contributed by atoms with Gasteiger partial charge in [-0.2, -0.15) is 13.2 Å². The summed E-state index contributed by atoms with van der Waals surface area (Å²) in [4.78, 5) is 12.5. The molecule has 0 aliphatic heterocycles. The SMILES string of the molecule is CCOc1ccc(-n2c(SCC(=O)Nc3cccc(C(F)(F)F)c3)nnc2-c2ccccc2)cc1. The van der Waals surface area contributed by atoms with E-state index in [4.69, 9.17) is 4.74 Å². The third-order valence-corrected chi connectivity index (χ3v) is 5.81. The maximum absolute atomic E-state index is 12.9. The van der Waals surface area contributed by atoms with Gasteiger partial charge in [0.1, 0.15) is 5.75 Å². The van der Waals surface area contributed by atoms with Gasteiger partial charge in [0.15, 0.2) is 11.0 Å². The van der Waals surface area contributed by atoms with Crippen molar-refractivity contribution >= 4 is 23.4 Å². The molecule has 1 N–H and O–H groups in total. The number of nitrogens with one attached hydrogen (secondary N) is 1. The summed E-state index contributed by atoms with van der Waals surface area (Å²) in [5.74, 6) is 0.785. The number of alkyl halides is 3. The highest BCUT2D eigenvalue weighted by Crippen LogP contribution is 2.31. The van der Waals surface area contributed by atoms with Crippen molar-refractivity contribution in [1.29, 1.82) is 0 Å². The Morgan fingerprint density at radius 1 is 1.00 bits per heavy atom. The highest BCUT2D eigenvalue weighted by molar-refractivity contribution is 7.99. The van der Waals surface area contributed by atoms with E-state index in [9.17, 15) is 18.0 Å². The van der Waals surface area contributed by atoms with E-state index in [0.717, 1.165) is 40.9 Å². The number of carbonyl (C=O) groups excluding carboxylic acids is 1. The number of anilines is 1. The molecule has 0 atom stereocenters. The Kier molecular flexibility index (Phi) is 7.40. The van der Waals surface area contributed by atoms with E-state index in [1.807, 2.05) is 66.1 Å². The number of nitrogens with zero attached hydrogens (tertiary/aromatic N) is 3. The quantitative estimate of drug-likeness (QED) is 0.298. The Hall–Kier alpha value is -3.79. The molecule has 1 heterocycles. The number of ether oxygens (including phenoxy) is 1. The summed E-state index contributed by atoms with van der Waals surface area (Å²) in [6.07, 6.45) is -4.49. The molecule has 4 rings (SSSR count). The van der Waals surface area contributed by atoms with Crippen LogP contribution in [0.5, 0.6) is 5.75 Å². The number of hydrogen-bond donors (Lipinski definition) is 1. The molecule has 0 aliphatic rings. The van der Waals surface area contributed by atoms with Crippen LogP contribution in [-0.2, 0) is 11.0 Å². The van der Waals surface area contributed by atoms with Gasteiger partial charge in [-0.3, -0.25) is 9.36 Å². The van der Waals surface area contributed by atoms with Crippen LogP contribution in [0.15, 0.2) is 84.0 Å². The number of carbonyl (C=O) groups is 1. The van der Waals surface area contributed by atoms with Gasteiger partial charge in [0.2, 0.25) is 5.91 Å². The van der Waals surface area contributed by atoms with Gasteiger partial charge in [0, 0.05) is 16.9 Å². The van der Waals surface area contributed by atoms with Crippen LogP contribution in [0, 0.1) is 0 Å². The Balaban J connectivity index is 1.56. The number of hydrogen-bond acceptors (Lipinski definition) is 5. The lowest BCUT2D eigenvalue weighted by atomic mass is 10.2. The van der Waals surface area contributed by atoms with Crippen molar-refractivity contribution < 1.29 is 22.7 Å². The van der Waals surface area contributed by atoms with Gasteiger partial charge in [-0.25, -0.2) is 0 Å². The van der Waals surface area contributed by atoms with Crippen LogP contribution < -0.4 is 10.1 Å². The van der Waals surface area contributed by atoms with Crippen molar-refractivity contribution in [2.75, 3.05) is 17.7 Å². The van der Waals surface area contributed by atoms with Gasteiger partial charge >= 0.3 is 6.18 Å². The van der Waals surface area contributed by atoms with Crippen molar-refractivity contribution in [3.05, 3.63) is 84.4 Å². The lowest BCUT2D eigenvalue weighted by molar-refractivity contribution is -0.137. The second kappa shape index (κ2) is 10.6. The Labute approximate surface area is 204 Å². The Morgan fingerprint density at radius 3 is 2.43 bits per heavy atom. The van der Waals surface area contributed by atoms with Crippen molar-refractivity contribution in [3.8, 4) is 22.8 Å². The maximum atomic E-state index is 12.9. The first-order valence-electron chi connectivity index (χ1n) is 10.7. The van der Waals surface area contributed by atoms with Crippen molar-refractivity contribution in [2.24, 2.45) is 0 Å². The minimum Gasteiger partial charge on any atom is -0.494 e. The van der Waals surface area contributed by atoms with Gasteiger partial charge in [0.25, 0.3) is 0 Å². The van der Waals surface area contributed by atoms with Gasteiger partial charge in [-0.05, 0) is 49.4 Å². The molecule has 1 amide bonds. The average molecular weight is 499 g/mol. The van der Waals surface area contributed by atoms with Crippen LogP contribution in [0.25, 0.3) is 17.1 Å².